The lowest BCUT2D eigenvalue weighted by atomic mass is 10.0. The number of benzene rings is 2. The predicted molar refractivity (Wildman–Crippen MR) is 91.3 cm³/mol. The van der Waals surface area contributed by atoms with Gasteiger partial charge in [0.1, 0.15) is 24.0 Å². The van der Waals surface area contributed by atoms with Gasteiger partial charge >= 0.3 is 0 Å². The summed E-state index contributed by atoms with van der Waals surface area (Å²) in [6, 6.07) is 12.5. The quantitative estimate of drug-likeness (QED) is 0.354. The van der Waals surface area contributed by atoms with Gasteiger partial charge in [0.25, 0.3) is 0 Å². The Morgan fingerprint density at radius 3 is 2.67 bits per heavy atom. The largest absolute Gasteiger partial charge is 0.466 e. The molecule has 0 amide bonds. The van der Waals surface area contributed by atoms with Crippen molar-refractivity contribution in [3.8, 4) is 11.3 Å². The van der Waals surface area contributed by atoms with Crippen molar-refractivity contribution in [2.45, 2.75) is 6.92 Å². The number of nitrogens with zero attached hydrogens (tertiary/aromatic N) is 2. The molecule has 0 bridgehead atoms. The average Bonchev–Trinajstić information content (AvgIpc) is 2.96. The first kappa shape index (κ1) is 14.4. The van der Waals surface area contributed by atoms with Crippen LogP contribution in [0.5, 0.6) is 0 Å². The summed E-state index contributed by atoms with van der Waals surface area (Å²) < 4.78 is 22.4. The molecule has 3 nitrogen and oxygen atoms in total. The molecule has 0 unspecified atom stereocenters. The Morgan fingerprint density at radius 2 is 1.92 bits per heavy atom. The van der Waals surface area contributed by atoms with Crippen LogP contribution in [-0.2, 0) is 7.05 Å². The Balaban J connectivity index is 2.22. The van der Waals surface area contributed by atoms with Crippen LogP contribution in [0.2, 0.25) is 0 Å². The van der Waals surface area contributed by atoms with Crippen molar-refractivity contribution in [3.63, 3.8) is 0 Å². The van der Waals surface area contributed by atoms with E-state index in [0.717, 1.165) is 16.8 Å². The fourth-order valence-electron chi connectivity index (χ4n) is 3.18. The summed E-state index contributed by atoms with van der Waals surface area (Å²) in [6.07, 6.45) is 1.96. The minimum absolute atomic E-state index is 0.311. The second kappa shape index (κ2) is 5.17. The van der Waals surface area contributed by atoms with Crippen LogP contribution in [0.1, 0.15) is 5.56 Å². The van der Waals surface area contributed by atoms with Crippen molar-refractivity contribution in [3.05, 3.63) is 71.5 Å². The second-order valence-electron chi connectivity index (χ2n) is 5.82. The minimum Gasteiger partial charge on any atom is -0.466 e. The van der Waals surface area contributed by atoms with Crippen LogP contribution in [0, 0.1) is 19.3 Å². The Morgan fingerprint density at radius 1 is 1.08 bits per heavy atom. The monoisotopic (exact) mass is 317 g/mol. The molecule has 24 heavy (non-hydrogen) atoms. The van der Waals surface area contributed by atoms with E-state index in [1.54, 1.807) is 0 Å². The predicted octanol–water partition coefficient (Wildman–Crippen LogP) is 5.08. The molecule has 0 N–H and O–H groups in total. The zero-order valence-electron chi connectivity index (χ0n) is 13.3. The number of hydrogen-bond acceptors (Lipinski definition) is 1. The van der Waals surface area contributed by atoms with Gasteiger partial charge in [-0.1, -0.05) is 12.1 Å². The first-order valence-electron chi connectivity index (χ1n) is 7.58. The molecule has 0 atom stereocenters. The maximum atomic E-state index is 14.4. The van der Waals surface area contributed by atoms with E-state index in [9.17, 15) is 4.39 Å². The highest BCUT2D eigenvalue weighted by atomic mass is 19.1. The third-order valence-corrected chi connectivity index (χ3v) is 4.36. The van der Waals surface area contributed by atoms with Crippen molar-refractivity contribution >= 4 is 27.6 Å². The fraction of sp³-hybridized carbons (Fsp3) is 0.100. The molecule has 0 saturated heterocycles. The Bertz CT molecular complexity index is 1150. The highest BCUT2D eigenvalue weighted by molar-refractivity contribution is 6.13. The van der Waals surface area contributed by atoms with Gasteiger partial charge in [-0.3, -0.25) is 0 Å². The summed E-state index contributed by atoms with van der Waals surface area (Å²) in [5.41, 5.74) is 4.18. The molecule has 0 aliphatic carbocycles. The van der Waals surface area contributed by atoms with Crippen molar-refractivity contribution in [1.29, 1.82) is 0 Å². The molecule has 0 fully saturated rings. The van der Waals surface area contributed by atoms with E-state index < -0.39 is 0 Å². The van der Waals surface area contributed by atoms with E-state index in [4.69, 9.17) is 11.0 Å². The highest BCUT2D eigenvalue weighted by Crippen LogP contribution is 2.41. The summed E-state index contributed by atoms with van der Waals surface area (Å²) >= 11 is 0. The van der Waals surface area contributed by atoms with Crippen LogP contribution >= 0.6 is 0 Å². The van der Waals surface area contributed by atoms with E-state index in [2.05, 4.69) is 4.85 Å². The summed E-state index contributed by atoms with van der Waals surface area (Å²) in [6.45, 7) is 9.30. The first-order valence-corrected chi connectivity index (χ1v) is 7.58. The average molecular weight is 317 g/mol. The Labute approximate surface area is 138 Å². The van der Waals surface area contributed by atoms with Gasteiger partial charge in [0, 0.05) is 17.5 Å². The van der Waals surface area contributed by atoms with E-state index in [1.807, 2.05) is 55.1 Å². The Kier molecular flexibility index (Phi) is 3.10. The van der Waals surface area contributed by atoms with E-state index in [0.29, 0.717) is 27.6 Å². The number of pyridine rings is 1. The summed E-state index contributed by atoms with van der Waals surface area (Å²) in [5, 5.41) is 1.07. The van der Waals surface area contributed by atoms with Gasteiger partial charge in [0.05, 0.1) is 17.5 Å². The summed E-state index contributed by atoms with van der Waals surface area (Å²) in [7, 11) is 1.96. The molecule has 4 heteroatoms. The number of halogens is 1. The molecule has 0 aliphatic heterocycles. The topological polar surface area (TPSA) is 21.4 Å². The molecular weight excluding hydrogens is 303 g/mol. The lowest BCUT2D eigenvalue weighted by Gasteiger charge is -2.05. The highest BCUT2D eigenvalue weighted by Gasteiger charge is 2.22. The third-order valence-electron chi connectivity index (χ3n) is 4.36. The van der Waals surface area contributed by atoms with Crippen LogP contribution in [-0.4, -0.2) is 0 Å². The minimum atomic E-state index is -0.372. The van der Waals surface area contributed by atoms with Gasteiger partial charge in [-0.25, -0.2) is 13.8 Å². The van der Waals surface area contributed by atoms with Crippen LogP contribution in [0.3, 0.4) is 0 Å². The van der Waals surface area contributed by atoms with Gasteiger partial charge in [-0.2, -0.15) is 0 Å². The molecule has 4 rings (SSSR count). The number of aryl methyl sites for hydroxylation is 2. The number of rotatable bonds is 1. The molecule has 0 radical (unpaired) electrons. The maximum absolute atomic E-state index is 14.4. The van der Waals surface area contributed by atoms with E-state index in [1.165, 1.54) is 12.1 Å². The Hall–Kier alpha value is -3.19. The van der Waals surface area contributed by atoms with Gasteiger partial charge in [-0.15, -0.1) is 0 Å². The van der Waals surface area contributed by atoms with Crippen LogP contribution in [0.25, 0.3) is 38.0 Å². The fourth-order valence-corrected chi connectivity index (χ4v) is 3.18. The molecule has 0 spiro atoms. The van der Waals surface area contributed by atoms with E-state index in [-0.39, 0.29) is 5.82 Å². The third kappa shape index (κ3) is 1.92. The standard InChI is InChI=1S/C20H14FN2O/c1-12-7-8-13-18-14(21)9-10-15(22-2)20(18)24-19(13)17(12)16-6-4-5-11-23(16)3/h4-11H,1,3H3/q+1. The molecule has 2 aromatic carbocycles. The van der Waals surface area contributed by atoms with Crippen LogP contribution in [0.15, 0.2) is 53.1 Å². The normalized spacial score (nSPS) is 11.1. The summed E-state index contributed by atoms with van der Waals surface area (Å²) in [5.74, 6) is -0.372. The number of furan rings is 1. The number of aromatic nitrogens is 1. The lowest BCUT2D eigenvalue weighted by molar-refractivity contribution is -0.660. The maximum Gasteiger partial charge on any atom is 0.229 e. The van der Waals surface area contributed by atoms with E-state index >= 15 is 0 Å². The SMILES string of the molecule is [C-]#[N+]c1ccc(F)c2c1oc1c(-c3cccc[n+]3C)c(C)ccc12. The number of fused-ring (bicyclic) bond motifs is 3. The zero-order chi connectivity index (χ0) is 16.8. The van der Waals surface area contributed by atoms with Gasteiger partial charge in [0.15, 0.2) is 6.20 Å². The summed E-state index contributed by atoms with van der Waals surface area (Å²) in [4.78, 5) is 3.46. The second-order valence-corrected chi connectivity index (χ2v) is 5.82. The van der Waals surface area contributed by atoms with Crippen molar-refractivity contribution in [1.82, 2.24) is 0 Å². The van der Waals surface area contributed by atoms with Crippen LogP contribution < -0.4 is 4.57 Å². The smallest absolute Gasteiger partial charge is 0.229 e. The number of hydrogen-bond donors (Lipinski definition) is 0. The molecule has 0 saturated carbocycles. The lowest BCUT2D eigenvalue weighted by Crippen LogP contribution is -2.30. The first-order chi connectivity index (χ1) is 11.6. The molecule has 4 aromatic rings. The molecular formula is C20H14FN2O+. The van der Waals surface area contributed by atoms with Gasteiger partial charge < -0.3 is 4.42 Å². The van der Waals surface area contributed by atoms with Crippen molar-refractivity contribution < 1.29 is 13.4 Å². The molecule has 116 valence electrons. The van der Waals surface area contributed by atoms with Gasteiger partial charge in [0.2, 0.25) is 11.4 Å². The van der Waals surface area contributed by atoms with Crippen molar-refractivity contribution in [2.24, 2.45) is 7.05 Å². The van der Waals surface area contributed by atoms with Gasteiger partial charge in [-0.05, 0) is 30.7 Å². The zero-order valence-corrected chi connectivity index (χ0v) is 13.3. The van der Waals surface area contributed by atoms with Crippen molar-refractivity contribution in [2.75, 3.05) is 0 Å². The molecule has 2 heterocycles. The molecule has 2 aromatic heterocycles. The van der Waals surface area contributed by atoms with Crippen LogP contribution in [0.4, 0.5) is 10.1 Å². The molecule has 0 aliphatic rings.